The first-order valence-corrected chi connectivity index (χ1v) is 6.46. The number of nitriles is 1. The zero-order valence-corrected chi connectivity index (χ0v) is 10.4. The lowest BCUT2D eigenvalue weighted by Gasteiger charge is -2.27. The number of nitrogens with zero attached hydrogens (tertiary/aromatic N) is 1. The Balaban J connectivity index is 1.98. The van der Waals surface area contributed by atoms with Gasteiger partial charge in [-0.05, 0) is 62.1 Å². The minimum absolute atomic E-state index is 0.698. The van der Waals surface area contributed by atoms with Crippen LogP contribution in [0.2, 0.25) is 0 Å². The molecule has 1 aromatic rings. The average molecular weight is 225 g/mol. The highest BCUT2D eigenvalue weighted by Crippen LogP contribution is 2.36. The summed E-state index contributed by atoms with van der Waals surface area (Å²) in [5.74, 6) is 1.49. The van der Waals surface area contributed by atoms with Gasteiger partial charge in [-0.15, -0.1) is 0 Å². The molecular weight excluding hydrogens is 206 g/mol. The van der Waals surface area contributed by atoms with Crippen molar-refractivity contribution in [2.45, 2.75) is 38.5 Å². The molecule has 2 rings (SSSR count). The molecule has 1 nitrogen and oxygen atoms in total. The molecular formula is C16H19N. The molecule has 1 saturated carbocycles. The van der Waals surface area contributed by atoms with Crippen LogP contribution in [0.3, 0.4) is 0 Å². The largest absolute Gasteiger partial charge is 0.192 e. The zero-order chi connectivity index (χ0) is 12.1. The van der Waals surface area contributed by atoms with Crippen molar-refractivity contribution < 1.29 is 0 Å². The molecule has 1 fully saturated rings. The predicted octanol–water partition coefficient (Wildman–Crippen LogP) is 4.41. The van der Waals surface area contributed by atoms with E-state index < -0.39 is 0 Å². The van der Waals surface area contributed by atoms with Gasteiger partial charge < -0.3 is 0 Å². The molecule has 17 heavy (non-hydrogen) atoms. The maximum absolute atomic E-state index is 8.77. The summed E-state index contributed by atoms with van der Waals surface area (Å²) >= 11 is 0. The van der Waals surface area contributed by atoms with E-state index in [0.29, 0.717) is 5.92 Å². The number of rotatable bonds is 2. The molecule has 1 aliphatic carbocycles. The van der Waals surface area contributed by atoms with Crippen LogP contribution < -0.4 is 0 Å². The molecule has 0 bridgehead atoms. The van der Waals surface area contributed by atoms with Gasteiger partial charge in [-0.25, -0.2) is 0 Å². The Morgan fingerprint density at radius 2 is 1.76 bits per heavy atom. The Hall–Kier alpha value is -1.55. The molecule has 1 aliphatic rings. The Morgan fingerprint density at radius 1 is 1.12 bits per heavy atom. The van der Waals surface area contributed by atoms with Crippen molar-refractivity contribution in [1.82, 2.24) is 0 Å². The van der Waals surface area contributed by atoms with Crippen LogP contribution in [0.25, 0.3) is 0 Å². The minimum atomic E-state index is 0.698. The van der Waals surface area contributed by atoms with Crippen LogP contribution in [0, 0.1) is 17.2 Å². The molecule has 0 aromatic heterocycles. The molecule has 0 spiro atoms. The van der Waals surface area contributed by atoms with Crippen LogP contribution in [-0.2, 0) is 0 Å². The van der Waals surface area contributed by atoms with Gasteiger partial charge in [0.2, 0.25) is 0 Å². The number of hydrogen-bond donors (Lipinski definition) is 0. The normalized spacial score (nSPS) is 24.7. The van der Waals surface area contributed by atoms with Crippen LogP contribution in [0.5, 0.6) is 0 Å². The monoisotopic (exact) mass is 225 g/mol. The molecule has 88 valence electrons. The molecule has 0 unspecified atom stereocenters. The van der Waals surface area contributed by atoms with Crippen molar-refractivity contribution in [3.63, 3.8) is 0 Å². The van der Waals surface area contributed by atoms with Gasteiger partial charge in [0.05, 0.1) is 11.6 Å². The average Bonchev–Trinajstić information content (AvgIpc) is 2.40. The second-order valence-corrected chi connectivity index (χ2v) is 4.87. The van der Waals surface area contributed by atoms with E-state index in [-0.39, 0.29) is 0 Å². The van der Waals surface area contributed by atoms with E-state index in [1.807, 2.05) is 12.1 Å². The lowest BCUT2D eigenvalue weighted by molar-refractivity contribution is 0.375. The maximum Gasteiger partial charge on any atom is 0.0991 e. The van der Waals surface area contributed by atoms with Gasteiger partial charge >= 0.3 is 0 Å². The molecule has 0 radical (unpaired) electrons. The van der Waals surface area contributed by atoms with Crippen LogP contribution in [0.15, 0.2) is 36.4 Å². The van der Waals surface area contributed by atoms with Gasteiger partial charge in [0.1, 0.15) is 0 Å². The molecule has 0 amide bonds. The van der Waals surface area contributed by atoms with E-state index in [1.54, 1.807) is 0 Å². The fourth-order valence-electron chi connectivity index (χ4n) is 2.75. The van der Waals surface area contributed by atoms with Gasteiger partial charge in [-0.2, -0.15) is 5.26 Å². The highest BCUT2D eigenvalue weighted by molar-refractivity contribution is 5.33. The summed E-state index contributed by atoms with van der Waals surface area (Å²) in [6.45, 7) is 2.10. The molecule has 0 saturated heterocycles. The third-order valence-corrected chi connectivity index (χ3v) is 3.75. The molecule has 1 heteroatoms. The van der Waals surface area contributed by atoms with Crippen LogP contribution in [0.1, 0.15) is 49.7 Å². The van der Waals surface area contributed by atoms with Gasteiger partial charge in [-0.1, -0.05) is 24.3 Å². The number of hydrogen-bond acceptors (Lipinski definition) is 1. The summed E-state index contributed by atoms with van der Waals surface area (Å²) in [5.41, 5.74) is 2.17. The van der Waals surface area contributed by atoms with Gasteiger partial charge in [-0.3, -0.25) is 0 Å². The number of benzene rings is 1. The summed E-state index contributed by atoms with van der Waals surface area (Å²) < 4.78 is 0. The fourth-order valence-corrected chi connectivity index (χ4v) is 2.75. The predicted molar refractivity (Wildman–Crippen MR) is 70.7 cm³/mol. The van der Waals surface area contributed by atoms with Crippen molar-refractivity contribution in [2.24, 2.45) is 5.92 Å². The van der Waals surface area contributed by atoms with Crippen molar-refractivity contribution in [2.75, 3.05) is 0 Å². The first-order chi connectivity index (χ1) is 8.33. The van der Waals surface area contributed by atoms with E-state index in [0.717, 1.165) is 11.5 Å². The second-order valence-electron chi connectivity index (χ2n) is 4.87. The maximum atomic E-state index is 8.77. The summed E-state index contributed by atoms with van der Waals surface area (Å²) in [6.07, 6.45) is 9.67. The van der Waals surface area contributed by atoms with E-state index in [1.165, 1.54) is 31.2 Å². The Morgan fingerprint density at radius 3 is 2.29 bits per heavy atom. The third-order valence-electron chi connectivity index (χ3n) is 3.75. The highest BCUT2D eigenvalue weighted by Gasteiger charge is 2.20. The van der Waals surface area contributed by atoms with E-state index in [2.05, 4.69) is 37.3 Å². The SMILES string of the molecule is C/C=C\[C@H]1CC[C@H](c2ccc(C#N)cc2)CC1. The van der Waals surface area contributed by atoms with Crippen molar-refractivity contribution in [3.8, 4) is 6.07 Å². The fraction of sp³-hybridized carbons (Fsp3) is 0.438. The Kier molecular flexibility index (Phi) is 3.98. The van der Waals surface area contributed by atoms with Gasteiger partial charge in [0.15, 0.2) is 0 Å². The van der Waals surface area contributed by atoms with E-state index in [4.69, 9.17) is 5.26 Å². The zero-order valence-electron chi connectivity index (χ0n) is 10.4. The standard InChI is InChI=1S/C16H19N/c1-2-3-13-4-8-15(9-5-13)16-10-6-14(12-17)7-11-16/h2-3,6-7,10-11,13,15H,4-5,8-9H2,1H3/b3-2-/t13-,15-. The molecule has 0 heterocycles. The highest BCUT2D eigenvalue weighted by atomic mass is 14.3. The first kappa shape index (κ1) is 11.9. The lowest BCUT2D eigenvalue weighted by atomic mass is 9.78. The van der Waals surface area contributed by atoms with Gasteiger partial charge in [0.25, 0.3) is 0 Å². The topological polar surface area (TPSA) is 23.8 Å². The molecule has 0 N–H and O–H groups in total. The number of allylic oxidation sites excluding steroid dienone is 2. The van der Waals surface area contributed by atoms with Crippen LogP contribution in [-0.4, -0.2) is 0 Å². The summed E-state index contributed by atoms with van der Waals surface area (Å²) in [7, 11) is 0. The summed E-state index contributed by atoms with van der Waals surface area (Å²) in [6, 6.07) is 10.3. The summed E-state index contributed by atoms with van der Waals surface area (Å²) in [5, 5.41) is 8.77. The van der Waals surface area contributed by atoms with Crippen LogP contribution in [0.4, 0.5) is 0 Å². The summed E-state index contributed by atoms with van der Waals surface area (Å²) in [4.78, 5) is 0. The van der Waals surface area contributed by atoms with E-state index in [9.17, 15) is 0 Å². The van der Waals surface area contributed by atoms with Crippen molar-refractivity contribution >= 4 is 0 Å². The first-order valence-electron chi connectivity index (χ1n) is 6.46. The Labute approximate surface area is 104 Å². The van der Waals surface area contributed by atoms with Crippen molar-refractivity contribution in [1.29, 1.82) is 5.26 Å². The molecule has 0 aliphatic heterocycles. The molecule has 0 atom stereocenters. The minimum Gasteiger partial charge on any atom is -0.192 e. The quantitative estimate of drug-likeness (QED) is 0.684. The van der Waals surface area contributed by atoms with Crippen LogP contribution >= 0.6 is 0 Å². The third kappa shape index (κ3) is 2.97. The second kappa shape index (κ2) is 5.68. The lowest BCUT2D eigenvalue weighted by Crippen LogP contribution is -2.11. The van der Waals surface area contributed by atoms with Crippen molar-refractivity contribution in [3.05, 3.63) is 47.5 Å². The molecule has 1 aromatic carbocycles. The smallest absolute Gasteiger partial charge is 0.0991 e. The Bertz CT molecular complexity index is 414. The van der Waals surface area contributed by atoms with Gasteiger partial charge in [0, 0.05) is 0 Å². The van der Waals surface area contributed by atoms with E-state index >= 15 is 0 Å².